The fourth-order valence-corrected chi connectivity index (χ4v) is 2.13. The Bertz CT molecular complexity index is 392. The van der Waals surface area contributed by atoms with Crippen LogP contribution in [0.2, 0.25) is 0 Å². The van der Waals surface area contributed by atoms with E-state index in [0.29, 0.717) is 0 Å². The van der Waals surface area contributed by atoms with E-state index in [1.165, 1.54) is 0 Å². The standard InChI is InChI=1S/C11H17N3O2.ClH/c1-7-6-10(16-13-7)9-4-3-5-14(9)11(15)8(2)12;/h6,8-9H,3-5,12H2,1-2H3;1H. The van der Waals surface area contributed by atoms with E-state index in [1.807, 2.05) is 13.0 Å². The highest BCUT2D eigenvalue weighted by Crippen LogP contribution is 2.32. The minimum absolute atomic E-state index is 0. The molecule has 0 spiro atoms. The Hall–Kier alpha value is -1.07. The molecule has 96 valence electrons. The van der Waals surface area contributed by atoms with Crippen LogP contribution in [0.5, 0.6) is 0 Å². The Kier molecular flexibility index (Phi) is 4.54. The lowest BCUT2D eigenvalue weighted by molar-refractivity contribution is -0.133. The van der Waals surface area contributed by atoms with Gasteiger partial charge in [-0.3, -0.25) is 4.79 Å². The van der Waals surface area contributed by atoms with Gasteiger partial charge in [-0.05, 0) is 26.7 Å². The van der Waals surface area contributed by atoms with Crippen molar-refractivity contribution in [2.24, 2.45) is 5.73 Å². The Morgan fingerprint density at radius 1 is 1.71 bits per heavy atom. The molecule has 1 aromatic rings. The first-order valence-electron chi connectivity index (χ1n) is 5.59. The van der Waals surface area contributed by atoms with Crippen LogP contribution in [0.15, 0.2) is 10.6 Å². The van der Waals surface area contributed by atoms with Crippen molar-refractivity contribution in [2.75, 3.05) is 6.54 Å². The minimum Gasteiger partial charge on any atom is -0.359 e. The van der Waals surface area contributed by atoms with Gasteiger partial charge in [-0.15, -0.1) is 12.4 Å². The second kappa shape index (κ2) is 5.51. The number of carbonyl (C=O) groups is 1. The molecule has 1 fully saturated rings. The molecule has 0 bridgehead atoms. The number of amides is 1. The van der Waals surface area contributed by atoms with Crippen LogP contribution in [0, 0.1) is 6.92 Å². The van der Waals surface area contributed by atoms with Gasteiger partial charge in [0.15, 0.2) is 5.76 Å². The SMILES string of the molecule is Cc1cc(C2CCCN2C(=O)C(C)N)on1.Cl. The zero-order valence-corrected chi connectivity index (χ0v) is 10.9. The smallest absolute Gasteiger partial charge is 0.239 e. The van der Waals surface area contributed by atoms with E-state index in [-0.39, 0.29) is 24.4 Å². The van der Waals surface area contributed by atoms with Crippen LogP contribution in [0.25, 0.3) is 0 Å². The monoisotopic (exact) mass is 259 g/mol. The van der Waals surface area contributed by atoms with Gasteiger partial charge in [0, 0.05) is 12.6 Å². The van der Waals surface area contributed by atoms with Crippen molar-refractivity contribution in [3.05, 3.63) is 17.5 Å². The van der Waals surface area contributed by atoms with Crippen molar-refractivity contribution in [3.8, 4) is 0 Å². The number of hydrogen-bond acceptors (Lipinski definition) is 4. The number of aryl methyl sites for hydroxylation is 1. The molecule has 0 saturated carbocycles. The molecule has 2 N–H and O–H groups in total. The van der Waals surface area contributed by atoms with Crippen molar-refractivity contribution < 1.29 is 9.32 Å². The molecule has 17 heavy (non-hydrogen) atoms. The maximum absolute atomic E-state index is 11.9. The summed E-state index contributed by atoms with van der Waals surface area (Å²) >= 11 is 0. The average Bonchev–Trinajstić information content (AvgIpc) is 2.83. The second-order valence-corrected chi connectivity index (χ2v) is 4.35. The van der Waals surface area contributed by atoms with Crippen molar-refractivity contribution in [1.29, 1.82) is 0 Å². The normalized spacial score (nSPS) is 21.1. The van der Waals surface area contributed by atoms with E-state index >= 15 is 0 Å². The summed E-state index contributed by atoms with van der Waals surface area (Å²) in [5.41, 5.74) is 6.47. The van der Waals surface area contributed by atoms with Crippen LogP contribution in [-0.2, 0) is 4.79 Å². The van der Waals surface area contributed by atoms with Crippen LogP contribution in [-0.4, -0.2) is 28.6 Å². The van der Waals surface area contributed by atoms with Crippen LogP contribution in [0.3, 0.4) is 0 Å². The maximum atomic E-state index is 11.9. The van der Waals surface area contributed by atoms with Gasteiger partial charge in [0.1, 0.15) is 0 Å². The van der Waals surface area contributed by atoms with E-state index < -0.39 is 6.04 Å². The van der Waals surface area contributed by atoms with Crippen molar-refractivity contribution in [1.82, 2.24) is 10.1 Å². The summed E-state index contributed by atoms with van der Waals surface area (Å²) in [5.74, 6) is 0.751. The molecule has 0 aromatic carbocycles. The van der Waals surface area contributed by atoms with Gasteiger partial charge < -0.3 is 15.2 Å². The third-order valence-corrected chi connectivity index (χ3v) is 2.90. The molecule has 2 rings (SSSR count). The Morgan fingerprint density at radius 3 is 2.94 bits per heavy atom. The summed E-state index contributed by atoms with van der Waals surface area (Å²) in [5, 5.41) is 3.86. The van der Waals surface area contributed by atoms with Gasteiger partial charge in [-0.1, -0.05) is 5.16 Å². The van der Waals surface area contributed by atoms with Crippen molar-refractivity contribution in [2.45, 2.75) is 38.8 Å². The van der Waals surface area contributed by atoms with Gasteiger partial charge >= 0.3 is 0 Å². The van der Waals surface area contributed by atoms with E-state index in [1.54, 1.807) is 11.8 Å². The average molecular weight is 260 g/mol. The predicted octanol–water partition coefficient (Wildman–Crippen LogP) is 1.42. The molecule has 1 aliphatic heterocycles. The third-order valence-electron chi connectivity index (χ3n) is 2.90. The molecule has 1 aromatic heterocycles. The first kappa shape index (κ1) is 14.0. The molecule has 1 saturated heterocycles. The summed E-state index contributed by atoms with van der Waals surface area (Å²) in [6.45, 7) is 4.34. The predicted molar refractivity (Wildman–Crippen MR) is 65.8 cm³/mol. The molecule has 2 heterocycles. The topological polar surface area (TPSA) is 72.4 Å². The Morgan fingerprint density at radius 2 is 2.41 bits per heavy atom. The van der Waals surface area contributed by atoms with Crippen LogP contribution < -0.4 is 5.73 Å². The summed E-state index contributed by atoms with van der Waals surface area (Å²) in [6, 6.07) is 1.45. The molecule has 0 radical (unpaired) electrons. The minimum atomic E-state index is -0.454. The van der Waals surface area contributed by atoms with Gasteiger partial charge in [-0.2, -0.15) is 0 Å². The number of halogens is 1. The Balaban J connectivity index is 0.00000144. The fraction of sp³-hybridized carbons (Fsp3) is 0.636. The largest absolute Gasteiger partial charge is 0.359 e. The van der Waals surface area contributed by atoms with Crippen molar-refractivity contribution in [3.63, 3.8) is 0 Å². The summed E-state index contributed by atoms with van der Waals surface area (Å²) in [6.07, 6.45) is 1.91. The third kappa shape index (κ3) is 2.79. The molecule has 6 heteroatoms. The fourth-order valence-electron chi connectivity index (χ4n) is 2.13. The highest BCUT2D eigenvalue weighted by atomic mass is 35.5. The number of carbonyl (C=O) groups excluding carboxylic acids is 1. The summed E-state index contributed by atoms with van der Waals surface area (Å²) < 4.78 is 5.22. The van der Waals surface area contributed by atoms with Crippen LogP contribution in [0.4, 0.5) is 0 Å². The molecule has 5 nitrogen and oxygen atoms in total. The van der Waals surface area contributed by atoms with E-state index in [9.17, 15) is 4.79 Å². The highest BCUT2D eigenvalue weighted by molar-refractivity contribution is 5.85. The molecular weight excluding hydrogens is 242 g/mol. The van der Waals surface area contributed by atoms with Crippen LogP contribution in [0.1, 0.15) is 37.3 Å². The molecule has 1 amide bonds. The lowest BCUT2D eigenvalue weighted by atomic mass is 10.1. The number of nitrogens with two attached hydrogens (primary N) is 1. The molecular formula is C11H18ClN3O2. The molecule has 0 aliphatic carbocycles. The molecule has 2 atom stereocenters. The van der Waals surface area contributed by atoms with E-state index in [4.69, 9.17) is 10.3 Å². The van der Waals surface area contributed by atoms with Gasteiger partial charge in [0.25, 0.3) is 0 Å². The zero-order valence-electron chi connectivity index (χ0n) is 10.0. The number of hydrogen-bond donors (Lipinski definition) is 1. The number of rotatable bonds is 2. The number of nitrogens with zero attached hydrogens (tertiary/aromatic N) is 2. The van der Waals surface area contributed by atoms with Gasteiger partial charge in [0.2, 0.25) is 5.91 Å². The van der Waals surface area contributed by atoms with Gasteiger partial charge in [-0.25, -0.2) is 0 Å². The summed E-state index contributed by atoms with van der Waals surface area (Å²) in [4.78, 5) is 13.7. The first-order chi connectivity index (χ1) is 7.59. The lowest BCUT2D eigenvalue weighted by Crippen LogP contribution is -2.41. The quantitative estimate of drug-likeness (QED) is 0.872. The highest BCUT2D eigenvalue weighted by Gasteiger charge is 2.33. The second-order valence-electron chi connectivity index (χ2n) is 4.35. The zero-order chi connectivity index (χ0) is 11.7. The summed E-state index contributed by atoms with van der Waals surface area (Å²) in [7, 11) is 0. The first-order valence-corrected chi connectivity index (χ1v) is 5.59. The van der Waals surface area contributed by atoms with Crippen molar-refractivity contribution >= 4 is 18.3 Å². The van der Waals surface area contributed by atoms with Gasteiger partial charge in [0.05, 0.1) is 17.8 Å². The maximum Gasteiger partial charge on any atom is 0.239 e. The molecule has 2 unspecified atom stereocenters. The van der Waals surface area contributed by atoms with Crippen LogP contribution >= 0.6 is 12.4 Å². The number of likely N-dealkylation sites (tertiary alicyclic amines) is 1. The number of aromatic nitrogens is 1. The molecule has 1 aliphatic rings. The van der Waals surface area contributed by atoms with E-state index in [2.05, 4.69) is 5.16 Å². The van der Waals surface area contributed by atoms with E-state index in [0.717, 1.165) is 30.8 Å². The Labute approximate surface area is 107 Å². The lowest BCUT2D eigenvalue weighted by Gasteiger charge is -2.24.